The number of aliphatic imine (C=N–C) groups is 2. The van der Waals surface area contributed by atoms with Gasteiger partial charge in [0.05, 0.1) is 11.6 Å². The zero-order valence-electron chi connectivity index (χ0n) is 31.8. The molecule has 2 aromatic rings. The largest absolute Gasteiger partial charge is 0.388 e. The number of benzene rings is 2. The van der Waals surface area contributed by atoms with Crippen molar-refractivity contribution >= 4 is 18.2 Å². The Bertz CT molecular complexity index is 1490. The molecule has 6 rings (SSSR count). The molecule has 3 aliphatic heterocycles. The summed E-state index contributed by atoms with van der Waals surface area (Å²) in [5.74, 6) is 0.957. The van der Waals surface area contributed by atoms with Gasteiger partial charge in [0, 0.05) is 81.4 Å². The summed E-state index contributed by atoms with van der Waals surface area (Å²) in [4.78, 5) is 15.0. The van der Waals surface area contributed by atoms with Crippen LogP contribution >= 0.6 is 0 Å². The number of nitrogens with two attached hydrogens (primary N) is 1. The van der Waals surface area contributed by atoms with Crippen LogP contribution in [0.1, 0.15) is 74.1 Å². The van der Waals surface area contributed by atoms with Crippen molar-refractivity contribution in [3.05, 3.63) is 103 Å². The van der Waals surface area contributed by atoms with Gasteiger partial charge in [0.15, 0.2) is 5.84 Å². The number of nitriles is 1. The first-order valence-corrected chi connectivity index (χ1v) is 18.4. The Labute approximate surface area is 313 Å². The molecule has 9 heteroatoms. The van der Waals surface area contributed by atoms with Gasteiger partial charge in [0.25, 0.3) is 0 Å². The van der Waals surface area contributed by atoms with Crippen LogP contribution in [0.15, 0.2) is 90.3 Å². The number of nitrogens with one attached hydrogen (secondary N) is 1. The fourth-order valence-electron chi connectivity index (χ4n) is 6.41. The summed E-state index contributed by atoms with van der Waals surface area (Å²) in [6.07, 6.45) is 16.9. The first-order chi connectivity index (χ1) is 25.3. The van der Waals surface area contributed by atoms with Gasteiger partial charge in [-0.2, -0.15) is 5.26 Å². The van der Waals surface area contributed by atoms with Crippen molar-refractivity contribution in [2.45, 2.75) is 70.5 Å². The van der Waals surface area contributed by atoms with Crippen LogP contribution in [0.3, 0.4) is 0 Å². The summed E-state index contributed by atoms with van der Waals surface area (Å²) in [7, 11) is 1.50. The molecule has 3 N–H and O–H groups in total. The third-order valence-corrected chi connectivity index (χ3v) is 9.93. The number of halogens is 1. The lowest BCUT2D eigenvalue weighted by Gasteiger charge is -2.43. The molecule has 1 saturated carbocycles. The van der Waals surface area contributed by atoms with E-state index in [9.17, 15) is 9.65 Å². The normalized spacial score (nSPS) is 19.8. The average Bonchev–Trinajstić information content (AvgIpc) is 3.15. The van der Waals surface area contributed by atoms with E-state index in [2.05, 4.69) is 114 Å². The number of rotatable bonds is 8. The van der Waals surface area contributed by atoms with E-state index in [-0.39, 0.29) is 5.92 Å². The third-order valence-electron chi connectivity index (χ3n) is 9.93. The quantitative estimate of drug-likeness (QED) is 0.170. The van der Waals surface area contributed by atoms with Crippen LogP contribution in [0.25, 0.3) is 0 Å². The highest BCUT2D eigenvalue weighted by molar-refractivity contribution is 6.02. The number of alkyl halides is 1. The van der Waals surface area contributed by atoms with Gasteiger partial charge in [-0.25, -0.2) is 14.4 Å². The fraction of sp³-hybridized carbons (Fsp3) is 0.465. The molecular weight excluding hydrogens is 648 g/mol. The smallest absolute Gasteiger partial charge is 0.158 e. The maximum absolute atomic E-state index is 14.3. The summed E-state index contributed by atoms with van der Waals surface area (Å²) in [6, 6.07) is 17.7. The highest BCUT2D eigenvalue weighted by atomic mass is 19.1. The lowest BCUT2D eigenvalue weighted by atomic mass is 9.87. The molecule has 2 unspecified atom stereocenters. The Balaban J connectivity index is 0.000000296. The summed E-state index contributed by atoms with van der Waals surface area (Å²) in [6.45, 7) is 26.0. The van der Waals surface area contributed by atoms with Crippen LogP contribution < -0.4 is 16.0 Å². The minimum absolute atomic E-state index is 0.0852. The molecule has 52 heavy (non-hydrogen) atoms. The van der Waals surface area contributed by atoms with Crippen molar-refractivity contribution < 1.29 is 4.39 Å². The number of piperidine rings is 1. The molecule has 0 radical (unpaired) electrons. The monoisotopic (exact) mass is 709 g/mol. The maximum atomic E-state index is 14.3. The third kappa shape index (κ3) is 13.1. The van der Waals surface area contributed by atoms with Gasteiger partial charge < -0.3 is 20.9 Å². The SMILES string of the molecule is C#C.C=C1CCN1.C=CN=C(N=C)c1ccc(CC2CCN(C=C)CC2F)c(C#N)c1.CC(C)c1ccc(N2CCN(C3CCC3)CC2)cc1.CN. The van der Waals surface area contributed by atoms with E-state index in [0.717, 1.165) is 31.1 Å². The summed E-state index contributed by atoms with van der Waals surface area (Å²) < 4.78 is 14.3. The number of terminal acetylenes is 1. The first-order valence-electron chi connectivity index (χ1n) is 18.4. The maximum Gasteiger partial charge on any atom is 0.158 e. The van der Waals surface area contributed by atoms with E-state index in [0.29, 0.717) is 35.8 Å². The minimum Gasteiger partial charge on any atom is -0.388 e. The molecular formula is C43H61FN8. The number of anilines is 1. The lowest BCUT2D eigenvalue weighted by Crippen LogP contribution is -2.52. The van der Waals surface area contributed by atoms with E-state index in [1.165, 1.54) is 82.1 Å². The predicted molar refractivity (Wildman–Crippen MR) is 220 cm³/mol. The molecule has 4 aliphatic rings. The van der Waals surface area contributed by atoms with Gasteiger partial charge in [-0.3, -0.25) is 4.90 Å². The summed E-state index contributed by atoms with van der Waals surface area (Å²) >= 11 is 0. The number of amidine groups is 1. The van der Waals surface area contributed by atoms with Crippen LogP contribution in [0.2, 0.25) is 0 Å². The molecule has 4 fully saturated rings. The molecule has 2 atom stereocenters. The molecule has 3 heterocycles. The van der Waals surface area contributed by atoms with Crippen molar-refractivity contribution in [3.8, 4) is 18.9 Å². The van der Waals surface area contributed by atoms with Crippen LogP contribution in [-0.4, -0.2) is 87.4 Å². The Hall–Kier alpha value is -4.70. The molecule has 8 nitrogen and oxygen atoms in total. The van der Waals surface area contributed by atoms with Crippen molar-refractivity contribution in [2.75, 3.05) is 57.8 Å². The van der Waals surface area contributed by atoms with E-state index in [4.69, 9.17) is 0 Å². The summed E-state index contributed by atoms with van der Waals surface area (Å²) in [5, 5.41) is 12.4. The Morgan fingerprint density at radius 3 is 2.13 bits per heavy atom. The van der Waals surface area contributed by atoms with Crippen molar-refractivity contribution in [1.82, 2.24) is 15.1 Å². The zero-order valence-corrected chi connectivity index (χ0v) is 31.8. The highest BCUT2D eigenvalue weighted by Gasteiger charge is 2.29. The van der Waals surface area contributed by atoms with Gasteiger partial charge >= 0.3 is 0 Å². The van der Waals surface area contributed by atoms with Crippen LogP contribution in [0.4, 0.5) is 10.1 Å². The zero-order chi connectivity index (χ0) is 38.5. The Morgan fingerprint density at radius 1 is 1.06 bits per heavy atom. The minimum atomic E-state index is -0.921. The predicted octanol–water partition coefficient (Wildman–Crippen LogP) is 7.30. The summed E-state index contributed by atoms with van der Waals surface area (Å²) in [5.41, 5.74) is 10.6. The van der Waals surface area contributed by atoms with E-state index in [1.807, 2.05) is 17.0 Å². The number of likely N-dealkylation sites (tertiary alicyclic amines) is 1. The number of hydrogen-bond donors (Lipinski definition) is 2. The molecule has 0 bridgehead atoms. The highest BCUT2D eigenvalue weighted by Crippen LogP contribution is 2.28. The average molecular weight is 709 g/mol. The topological polar surface area (TPSA) is 96.3 Å². The molecule has 0 amide bonds. The van der Waals surface area contributed by atoms with Crippen LogP contribution in [0, 0.1) is 30.1 Å². The molecule has 1 aliphatic carbocycles. The first kappa shape index (κ1) is 43.5. The van der Waals surface area contributed by atoms with Gasteiger partial charge in [-0.15, -0.1) is 12.8 Å². The lowest BCUT2D eigenvalue weighted by molar-refractivity contribution is 0.115. The molecule has 2 aromatic carbocycles. The van der Waals surface area contributed by atoms with Gasteiger partial charge in [-0.1, -0.05) is 64.3 Å². The number of piperazine rings is 1. The molecule has 0 aromatic heterocycles. The molecule has 0 spiro atoms. The van der Waals surface area contributed by atoms with E-state index in [1.54, 1.807) is 12.3 Å². The number of nitrogens with zero attached hydrogens (tertiary/aromatic N) is 6. The van der Waals surface area contributed by atoms with Gasteiger partial charge in [0.2, 0.25) is 0 Å². The van der Waals surface area contributed by atoms with Crippen LogP contribution in [0.5, 0.6) is 0 Å². The second kappa shape index (κ2) is 23.7. The number of hydrogen-bond acceptors (Lipinski definition) is 7. The second-order valence-corrected chi connectivity index (χ2v) is 13.4. The van der Waals surface area contributed by atoms with E-state index >= 15 is 0 Å². The van der Waals surface area contributed by atoms with Gasteiger partial charge in [-0.05, 0) is 86.8 Å². The van der Waals surface area contributed by atoms with Gasteiger partial charge in [0.1, 0.15) is 6.17 Å². The molecule has 3 saturated heterocycles. The van der Waals surface area contributed by atoms with Crippen molar-refractivity contribution in [3.63, 3.8) is 0 Å². The fourth-order valence-corrected chi connectivity index (χ4v) is 6.41. The standard InChI is InChI=1S/C19H21FN4.C17H26N2.C4H7N.C2H2.CH5N/c1-4-23-19(22-3)16-7-6-14(17(11-16)12-21)10-15-8-9-24(5-2)13-18(15)20;1-14(2)15-6-8-17(9-7-15)19-12-10-18(11-13-19)16-4-3-5-16;1-4-2-3-5-4;2*1-2/h4-7,11,15,18H,1-3,8-10,13H2;6-9,14,16H,3-5,10-13H2,1-2H3;5H,1-3H2;1-2H;2H2,1H3. The molecule has 280 valence electrons. The van der Waals surface area contributed by atoms with Crippen molar-refractivity contribution in [1.29, 1.82) is 5.26 Å². The Kier molecular flexibility index (Phi) is 19.8. The van der Waals surface area contributed by atoms with E-state index < -0.39 is 6.17 Å². The second-order valence-electron chi connectivity index (χ2n) is 13.4. The Morgan fingerprint density at radius 2 is 1.69 bits per heavy atom. The van der Waals surface area contributed by atoms with Crippen LogP contribution in [-0.2, 0) is 6.42 Å². The van der Waals surface area contributed by atoms with Crippen molar-refractivity contribution in [2.24, 2.45) is 21.6 Å².